The van der Waals surface area contributed by atoms with Crippen LogP contribution in [0.5, 0.6) is 0 Å². The maximum Gasteiger partial charge on any atom is 0.339 e. The third kappa shape index (κ3) is 3.80. The van der Waals surface area contributed by atoms with E-state index >= 15 is 0 Å². The van der Waals surface area contributed by atoms with Crippen molar-refractivity contribution in [1.82, 2.24) is 14.7 Å². The van der Waals surface area contributed by atoms with E-state index < -0.39 is 5.97 Å². The number of aliphatic hydroxyl groups excluding tert-OH is 1. The van der Waals surface area contributed by atoms with E-state index in [-0.39, 0.29) is 12.2 Å². The van der Waals surface area contributed by atoms with E-state index in [2.05, 4.69) is 5.10 Å². The summed E-state index contributed by atoms with van der Waals surface area (Å²) in [5.74, 6) is -0.992. The van der Waals surface area contributed by atoms with Crippen LogP contribution in [0.25, 0.3) is 0 Å². The molecule has 7 heteroatoms. The summed E-state index contributed by atoms with van der Waals surface area (Å²) in [6.07, 6.45) is 1.34. The molecule has 0 unspecified atom stereocenters. The minimum Gasteiger partial charge on any atom is -0.478 e. The SMILES string of the molecule is COCCN(CCO)Cc1c(C(=O)O)cnn1C. The number of hydrogen-bond acceptors (Lipinski definition) is 5. The molecule has 0 aliphatic rings. The van der Waals surface area contributed by atoms with Crippen molar-refractivity contribution >= 4 is 5.97 Å². The van der Waals surface area contributed by atoms with Gasteiger partial charge in [-0.1, -0.05) is 0 Å². The summed E-state index contributed by atoms with van der Waals surface area (Å²) in [5.41, 5.74) is 0.810. The normalized spacial score (nSPS) is 11.1. The average Bonchev–Trinajstić information content (AvgIpc) is 2.68. The molecule has 102 valence electrons. The van der Waals surface area contributed by atoms with Crippen LogP contribution in [0.15, 0.2) is 6.20 Å². The highest BCUT2D eigenvalue weighted by molar-refractivity contribution is 5.88. The molecule has 0 fully saturated rings. The lowest BCUT2D eigenvalue weighted by atomic mass is 10.2. The Balaban J connectivity index is 2.78. The zero-order valence-corrected chi connectivity index (χ0v) is 10.7. The summed E-state index contributed by atoms with van der Waals surface area (Å²) in [7, 11) is 3.30. The minimum absolute atomic E-state index is 0.0178. The van der Waals surface area contributed by atoms with Crippen LogP contribution in [0.2, 0.25) is 0 Å². The van der Waals surface area contributed by atoms with Crippen molar-refractivity contribution < 1.29 is 19.7 Å². The van der Waals surface area contributed by atoms with Gasteiger partial charge in [0, 0.05) is 33.8 Å². The predicted molar refractivity (Wildman–Crippen MR) is 64.4 cm³/mol. The van der Waals surface area contributed by atoms with Crippen molar-refractivity contribution in [3.63, 3.8) is 0 Å². The molecule has 0 aliphatic carbocycles. The molecule has 0 amide bonds. The first kappa shape index (κ1) is 14.6. The molecule has 7 nitrogen and oxygen atoms in total. The number of carbonyl (C=O) groups is 1. The molecule has 0 aromatic carbocycles. The third-order valence-corrected chi connectivity index (χ3v) is 2.69. The Kier molecular flexibility index (Phi) is 5.76. The number of carboxylic acid groups (broad SMARTS) is 1. The van der Waals surface area contributed by atoms with Gasteiger partial charge in [0.2, 0.25) is 0 Å². The number of rotatable bonds is 8. The highest BCUT2D eigenvalue weighted by Crippen LogP contribution is 2.10. The van der Waals surface area contributed by atoms with Crippen molar-refractivity contribution in [3.05, 3.63) is 17.5 Å². The monoisotopic (exact) mass is 257 g/mol. The number of hydrogen-bond donors (Lipinski definition) is 2. The van der Waals surface area contributed by atoms with Crippen LogP contribution in [0, 0.1) is 0 Å². The number of nitrogens with zero attached hydrogens (tertiary/aromatic N) is 3. The van der Waals surface area contributed by atoms with E-state index in [4.69, 9.17) is 14.9 Å². The zero-order chi connectivity index (χ0) is 13.5. The molecule has 0 aliphatic heterocycles. The highest BCUT2D eigenvalue weighted by Gasteiger charge is 2.17. The molecule has 2 N–H and O–H groups in total. The molecule has 1 rings (SSSR count). The van der Waals surface area contributed by atoms with Gasteiger partial charge in [0.25, 0.3) is 0 Å². The highest BCUT2D eigenvalue weighted by atomic mass is 16.5. The van der Waals surface area contributed by atoms with Crippen molar-refractivity contribution in [1.29, 1.82) is 0 Å². The molecule has 0 spiro atoms. The predicted octanol–water partition coefficient (Wildman–Crippen LogP) is -0.441. The Morgan fingerprint density at radius 2 is 2.28 bits per heavy atom. The fraction of sp³-hybridized carbons (Fsp3) is 0.636. The number of aliphatic hydroxyl groups is 1. The molecule has 0 bridgehead atoms. The van der Waals surface area contributed by atoms with Crippen LogP contribution >= 0.6 is 0 Å². The number of aryl methyl sites for hydroxylation is 1. The van der Waals surface area contributed by atoms with Crippen LogP contribution in [0.4, 0.5) is 0 Å². The lowest BCUT2D eigenvalue weighted by Crippen LogP contribution is -2.31. The molecule has 0 saturated carbocycles. The Bertz CT molecular complexity index is 392. The van der Waals surface area contributed by atoms with Gasteiger partial charge >= 0.3 is 5.97 Å². The smallest absolute Gasteiger partial charge is 0.339 e. The Morgan fingerprint density at radius 3 is 2.83 bits per heavy atom. The van der Waals surface area contributed by atoms with Crippen LogP contribution in [-0.4, -0.2) is 64.3 Å². The largest absolute Gasteiger partial charge is 0.478 e. The number of aromatic carboxylic acids is 1. The van der Waals surface area contributed by atoms with E-state index in [1.165, 1.54) is 6.20 Å². The first-order valence-electron chi connectivity index (χ1n) is 5.66. The maximum absolute atomic E-state index is 11.0. The molecule has 1 aromatic rings. The van der Waals surface area contributed by atoms with Crippen LogP contribution in [0.3, 0.4) is 0 Å². The summed E-state index contributed by atoms with van der Waals surface area (Å²) in [6, 6.07) is 0. The lowest BCUT2D eigenvalue weighted by molar-refractivity contribution is 0.0693. The topological polar surface area (TPSA) is 87.8 Å². The Morgan fingerprint density at radius 1 is 1.56 bits per heavy atom. The van der Waals surface area contributed by atoms with Gasteiger partial charge in [-0.25, -0.2) is 4.79 Å². The molecular formula is C11H19N3O4. The quantitative estimate of drug-likeness (QED) is 0.656. The van der Waals surface area contributed by atoms with Crippen molar-refractivity contribution in [2.24, 2.45) is 7.05 Å². The molecular weight excluding hydrogens is 238 g/mol. The molecule has 0 radical (unpaired) electrons. The van der Waals surface area contributed by atoms with Gasteiger partial charge in [-0.2, -0.15) is 5.10 Å². The van der Waals surface area contributed by atoms with Crippen molar-refractivity contribution in [2.75, 3.05) is 33.4 Å². The summed E-state index contributed by atoms with van der Waals surface area (Å²) in [5, 5.41) is 22.0. The van der Waals surface area contributed by atoms with Gasteiger partial charge in [0.1, 0.15) is 5.56 Å². The van der Waals surface area contributed by atoms with E-state index in [0.29, 0.717) is 31.9 Å². The van der Waals surface area contributed by atoms with Crippen LogP contribution < -0.4 is 0 Å². The van der Waals surface area contributed by atoms with Gasteiger partial charge < -0.3 is 14.9 Å². The number of aromatic nitrogens is 2. The van der Waals surface area contributed by atoms with E-state index in [0.717, 1.165) is 0 Å². The molecule has 0 saturated heterocycles. The first-order valence-corrected chi connectivity index (χ1v) is 5.66. The van der Waals surface area contributed by atoms with Crippen molar-refractivity contribution in [3.8, 4) is 0 Å². The second-order valence-electron chi connectivity index (χ2n) is 3.93. The third-order valence-electron chi connectivity index (χ3n) is 2.69. The van der Waals surface area contributed by atoms with E-state index in [9.17, 15) is 4.79 Å². The zero-order valence-electron chi connectivity index (χ0n) is 10.7. The van der Waals surface area contributed by atoms with Crippen LogP contribution in [-0.2, 0) is 18.3 Å². The van der Waals surface area contributed by atoms with Crippen LogP contribution in [0.1, 0.15) is 16.1 Å². The summed E-state index contributed by atoms with van der Waals surface area (Å²) in [4.78, 5) is 13.0. The van der Waals surface area contributed by atoms with Gasteiger partial charge in [0.15, 0.2) is 0 Å². The molecule has 1 aromatic heterocycles. The summed E-state index contributed by atoms with van der Waals surface area (Å²) < 4.78 is 6.53. The minimum atomic E-state index is -0.992. The van der Waals surface area contributed by atoms with Gasteiger partial charge in [0.05, 0.1) is 25.1 Å². The van der Waals surface area contributed by atoms with Gasteiger partial charge in [-0.15, -0.1) is 0 Å². The fourth-order valence-corrected chi connectivity index (χ4v) is 1.67. The fourth-order valence-electron chi connectivity index (χ4n) is 1.67. The number of methoxy groups -OCH3 is 1. The van der Waals surface area contributed by atoms with E-state index in [1.54, 1.807) is 18.8 Å². The Labute approximate surface area is 106 Å². The van der Waals surface area contributed by atoms with Gasteiger partial charge in [-0.05, 0) is 0 Å². The number of carboxylic acids is 1. The maximum atomic E-state index is 11.0. The van der Waals surface area contributed by atoms with E-state index in [1.807, 2.05) is 4.90 Å². The molecule has 18 heavy (non-hydrogen) atoms. The lowest BCUT2D eigenvalue weighted by Gasteiger charge is -2.21. The van der Waals surface area contributed by atoms with Gasteiger partial charge in [-0.3, -0.25) is 9.58 Å². The second-order valence-corrected chi connectivity index (χ2v) is 3.93. The summed E-state index contributed by atoms with van der Waals surface area (Å²) in [6.45, 7) is 2.06. The molecule has 1 heterocycles. The molecule has 0 atom stereocenters. The standard InChI is InChI=1S/C11H19N3O4/c1-13-10(9(7-12-13)11(16)17)8-14(3-5-15)4-6-18-2/h7,15H,3-6,8H2,1-2H3,(H,16,17). The summed E-state index contributed by atoms with van der Waals surface area (Å²) >= 11 is 0. The number of ether oxygens (including phenoxy) is 1. The second kappa shape index (κ2) is 7.10. The average molecular weight is 257 g/mol. The van der Waals surface area contributed by atoms with Crippen molar-refractivity contribution in [2.45, 2.75) is 6.54 Å². The first-order chi connectivity index (χ1) is 8.60. The Hall–Kier alpha value is -1.44.